The second-order valence-electron chi connectivity index (χ2n) is 7.73. The molecule has 0 aromatic heterocycles. The lowest BCUT2D eigenvalue weighted by molar-refractivity contribution is -0.128. The van der Waals surface area contributed by atoms with E-state index in [1.807, 2.05) is 49.9 Å². The van der Waals surface area contributed by atoms with Gasteiger partial charge in [0.1, 0.15) is 0 Å². The van der Waals surface area contributed by atoms with Crippen LogP contribution in [0.1, 0.15) is 56.0 Å². The van der Waals surface area contributed by atoms with Crippen molar-refractivity contribution < 1.29 is 14.4 Å². The Bertz CT molecular complexity index is 659. The number of amides is 3. The molecule has 1 heterocycles. The van der Waals surface area contributed by atoms with E-state index in [1.165, 1.54) is 0 Å². The monoisotopic (exact) mass is 359 g/mol. The smallest absolute Gasteiger partial charge is 0.253 e. The zero-order chi connectivity index (χ0) is 19.2. The molecule has 1 aliphatic rings. The summed E-state index contributed by atoms with van der Waals surface area (Å²) in [6.07, 6.45) is 2.36. The summed E-state index contributed by atoms with van der Waals surface area (Å²) in [6.45, 7) is 7.82. The zero-order valence-electron chi connectivity index (χ0n) is 15.9. The average molecular weight is 359 g/mol. The Morgan fingerprint density at radius 1 is 1.08 bits per heavy atom. The van der Waals surface area contributed by atoms with Crippen LogP contribution in [0.5, 0.6) is 0 Å². The molecule has 1 aromatic carbocycles. The lowest BCUT2D eigenvalue weighted by Crippen LogP contribution is -2.37. The normalized spacial score (nSPS) is 14.2. The van der Waals surface area contributed by atoms with Crippen molar-refractivity contribution >= 4 is 17.7 Å². The average Bonchev–Trinajstić information content (AvgIpc) is 3.13. The number of hydrogen-bond acceptors (Lipinski definition) is 3. The van der Waals surface area contributed by atoms with Gasteiger partial charge in [-0.3, -0.25) is 14.4 Å². The lowest BCUT2D eigenvalue weighted by Gasteiger charge is -2.17. The van der Waals surface area contributed by atoms with Crippen LogP contribution in [-0.4, -0.2) is 42.3 Å². The molecule has 6 nitrogen and oxygen atoms in total. The van der Waals surface area contributed by atoms with Gasteiger partial charge in [0.2, 0.25) is 11.8 Å². The van der Waals surface area contributed by atoms with Crippen LogP contribution in [0.25, 0.3) is 0 Å². The highest BCUT2D eigenvalue weighted by atomic mass is 16.2. The summed E-state index contributed by atoms with van der Waals surface area (Å²) in [5.41, 5.74) is 1.09. The Labute approximate surface area is 155 Å². The van der Waals surface area contributed by atoms with E-state index in [2.05, 4.69) is 10.6 Å². The lowest BCUT2D eigenvalue weighted by atomic mass is 9.96. The van der Waals surface area contributed by atoms with Gasteiger partial charge in [0.25, 0.3) is 5.91 Å². The van der Waals surface area contributed by atoms with Crippen molar-refractivity contribution in [3.05, 3.63) is 35.4 Å². The van der Waals surface area contributed by atoms with Crippen molar-refractivity contribution in [1.29, 1.82) is 0 Å². The van der Waals surface area contributed by atoms with Crippen LogP contribution >= 0.6 is 0 Å². The van der Waals surface area contributed by atoms with E-state index in [0.717, 1.165) is 31.5 Å². The van der Waals surface area contributed by atoms with Gasteiger partial charge in [-0.1, -0.05) is 32.9 Å². The third-order valence-corrected chi connectivity index (χ3v) is 4.38. The topological polar surface area (TPSA) is 78.5 Å². The molecular weight excluding hydrogens is 330 g/mol. The van der Waals surface area contributed by atoms with Crippen LogP contribution in [0.2, 0.25) is 0 Å². The van der Waals surface area contributed by atoms with Crippen LogP contribution in [0.3, 0.4) is 0 Å². The first-order valence-corrected chi connectivity index (χ1v) is 9.20. The van der Waals surface area contributed by atoms with Crippen molar-refractivity contribution in [1.82, 2.24) is 15.5 Å². The second kappa shape index (κ2) is 8.83. The number of hydrogen-bond donors (Lipinski definition) is 2. The number of carbonyl (C=O) groups is 3. The summed E-state index contributed by atoms with van der Waals surface area (Å²) >= 11 is 0. The molecule has 142 valence electrons. The van der Waals surface area contributed by atoms with Crippen molar-refractivity contribution in [2.45, 2.75) is 46.6 Å². The Hall–Kier alpha value is -2.37. The van der Waals surface area contributed by atoms with Crippen LogP contribution in [0, 0.1) is 5.41 Å². The largest absolute Gasteiger partial charge is 0.355 e. The van der Waals surface area contributed by atoms with Crippen molar-refractivity contribution in [2.75, 3.05) is 19.6 Å². The summed E-state index contributed by atoms with van der Waals surface area (Å²) in [5.74, 6) is -0.144. The molecule has 0 unspecified atom stereocenters. The maximum atomic E-state index is 12.4. The summed E-state index contributed by atoms with van der Waals surface area (Å²) in [5, 5.41) is 5.59. The van der Waals surface area contributed by atoms with E-state index < -0.39 is 5.41 Å². The molecule has 0 aliphatic carbocycles. The molecular formula is C20H29N3O3. The number of carbonyl (C=O) groups excluding carboxylic acids is 3. The van der Waals surface area contributed by atoms with Gasteiger partial charge in [0.05, 0.1) is 0 Å². The minimum atomic E-state index is -0.460. The maximum Gasteiger partial charge on any atom is 0.253 e. The molecule has 26 heavy (non-hydrogen) atoms. The molecule has 1 aromatic rings. The predicted octanol–water partition coefficient (Wildman–Crippen LogP) is 2.09. The van der Waals surface area contributed by atoms with Gasteiger partial charge in [0, 0.05) is 43.6 Å². The van der Waals surface area contributed by atoms with E-state index >= 15 is 0 Å². The van der Waals surface area contributed by atoms with E-state index in [1.54, 1.807) is 0 Å². The number of nitrogens with one attached hydrogen (secondary N) is 2. The minimum absolute atomic E-state index is 0.0561. The van der Waals surface area contributed by atoms with Crippen molar-refractivity contribution in [3.63, 3.8) is 0 Å². The highest BCUT2D eigenvalue weighted by Crippen LogP contribution is 2.14. The molecule has 2 N–H and O–H groups in total. The van der Waals surface area contributed by atoms with Gasteiger partial charge in [-0.05, 0) is 30.5 Å². The first-order valence-electron chi connectivity index (χ1n) is 9.20. The Morgan fingerprint density at radius 2 is 1.77 bits per heavy atom. The molecule has 0 radical (unpaired) electrons. The van der Waals surface area contributed by atoms with Gasteiger partial charge in [-0.15, -0.1) is 0 Å². The van der Waals surface area contributed by atoms with Crippen molar-refractivity contribution in [3.8, 4) is 0 Å². The molecule has 6 heteroatoms. The molecule has 3 amide bonds. The number of nitrogens with zero attached hydrogens (tertiary/aromatic N) is 1. The van der Waals surface area contributed by atoms with Gasteiger partial charge < -0.3 is 15.5 Å². The van der Waals surface area contributed by atoms with Gasteiger partial charge >= 0.3 is 0 Å². The fourth-order valence-electron chi connectivity index (χ4n) is 2.76. The van der Waals surface area contributed by atoms with E-state index in [4.69, 9.17) is 0 Å². The van der Waals surface area contributed by atoms with Crippen LogP contribution in [0.15, 0.2) is 24.3 Å². The van der Waals surface area contributed by atoms with Gasteiger partial charge in [-0.25, -0.2) is 0 Å². The summed E-state index contributed by atoms with van der Waals surface area (Å²) in [6, 6.07) is 7.38. The van der Waals surface area contributed by atoms with Crippen LogP contribution in [-0.2, 0) is 16.1 Å². The van der Waals surface area contributed by atoms with Crippen molar-refractivity contribution in [2.24, 2.45) is 5.41 Å². The summed E-state index contributed by atoms with van der Waals surface area (Å²) < 4.78 is 0. The van der Waals surface area contributed by atoms with Gasteiger partial charge in [0.15, 0.2) is 0 Å². The number of rotatable bonds is 6. The Morgan fingerprint density at radius 3 is 2.42 bits per heavy atom. The minimum Gasteiger partial charge on any atom is -0.355 e. The quantitative estimate of drug-likeness (QED) is 0.816. The molecule has 2 rings (SSSR count). The molecule has 0 atom stereocenters. The van der Waals surface area contributed by atoms with Gasteiger partial charge in [-0.2, -0.15) is 0 Å². The Balaban J connectivity index is 1.78. The third-order valence-electron chi connectivity index (χ3n) is 4.38. The molecule has 1 aliphatic heterocycles. The fraction of sp³-hybridized carbons (Fsp3) is 0.550. The number of likely N-dealkylation sites (tertiary alicyclic amines) is 1. The highest BCUT2D eigenvalue weighted by molar-refractivity contribution is 5.94. The first-order chi connectivity index (χ1) is 12.3. The predicted molar refractivity (Wildman–Crippen MR) is 101 cm³/mol. The molecule has 1 fully saturated rings. The van der Waals surface area contributed by atoms with E-state index in [9.17, 15) is 14.4 Å². The van der Waals surface area contributed by atoms with Crippen LogP contribution in [0.4, 0.5) is 0 Å². The Kier molecular flexibility index (Phi) is 6.77. The SMILES string of the molecule is CC(C)(C)C(=O)NCCC(=O)NCc1cccc(C(=O)N2CCCC2)c1. The summed E-state index contributed by atoms with van der Waals surface area (Å²) in [4.78, 5) is 38.0. The second-order valence-corrected chi connectivity index (χ2v) is 7.73. The van der Waals surface area contributed by atoms with E-state index in [0.29, 0.717) is 18.7 Å². The molecule has 0 saturated carbocycles. The van der Waals surface area contributed by atoms with Crippen LogP contribution < -0.4 is 10.6 Å². The highest BCUT2D eigenvalue weighted by Gasteiger charge is 2.21. The number of benzene rings is 1. The first kappa shape index (κ1) is 19.9. The third kappa shape index (κ3) is 5.86. The molecule has 0 bridgehead atoms. The zero-order valence-corrected chi connectivity index (χ0v) is 15.9. The van der Waals surface area contributed by atoms with E-state index in [-0.39, 0.29) is 24.1 Å². The molecule has 1 saturated heterocycles. The standard InChI is InChI=1S/C20H29N3O3/c1-20(2,3)19(26)21-10-9-17(24)22-14-15-7-6-8-16(13-15)18(25)23-11-4-5-12-23/h6-8,13H,4-5,9-12,14H2,1-3H3,(H,21,26)(H,22,24). The molecule has 0 spiro atoms. The summed E-state index contributed by atoms with van der Waals surface area (Å²) in [7, 11) is 0. The maximum absolute atomic E-state index is 12.4. The fourth-order valence-corrected chi connectivity index (χ4v) is 2.76.